The van der Waals surface area contributed by atoms with Crippen molar-refractivity contribution in [2.75, 3.05) is 11.9 Å². The van der Waals surface area contributed by atoms with Crippen LogP contribution in [0, 0.1) is 0 Å². The van der Waals surface area contributed by atoms with Crippen molar-refractivity contribution >= 4 is 54.0 Å². The molecule has 10 nitrogen and oxygen atoms in total. The number of anilines is 1. The standard InChI is InChI=1S/C11H12ClN5O5S3/c12-7-1-3-8(4-2-7)25(21,22)14-6-5-9(18)15-10-16-17-11(23-10)24(13,19)20/h1-4,14H,5-6H2,(H2,13,19,20)(H,15,16,18). The minimum Gasteiger partial charge on any atom is -0.300 e. The van der Waals surface area contributed by atoms with E-state index in [1.807, 2.05) is 0 Å². The van der Waals surface area contributed by atoms with E-state index in [2.05, 4.69) is 20.2 Å². The fourth-order valence-electron chi connectivity index (χ4n) is 1.55. The van der Waals surface area contributed by atoms with E-state index in [4.69, 9.17) is 16.7 Å². The van der Waals surface area contributed by atoms with E-state index in [-0.39, 0.29) is 23.0 Å². The molecule has 25 heavy (non-hydrogen) atoms. The summed E-state index contributed by atoms with van der Waals surface area (Å²) in [7, 11) is -7.77. The molecular formula is C11H12ClN5O5S3. The summed E-state index contributed by atoms with van der Waals surface area (Å²) in [4.78, 5) is 11.7. The molecule has 0 bridgehead atoms. The van der Waals surface area contributed by atoms with E-state index in [1.165, 1.54) is 24.3 Å². The molecule has 0 spiro atoms. The molecule has 2 rings (SSSR count). The van der Waals surface area contributed by atoms with E-state index in [1.54, 1.807) is 0 Å². The van der Waals surface area contributed by atoms with Crippen LogP contribution in [0.15, 0.2) is 33.5 Å². The van der Waals surface area contributed by atoms with Gasteiger partial charge in [0.1, 0.15) is 0 Å². The second kappa shape index (κ2) is 7.72. The number of aromatic nitrogens is 2. The first kappa shape index (κ1) is 19.7. The zero-order valence-corrected chi connectivity index (χ0v) is 15.5. The molecule has 0 saturated heterocycles. The molecule has 0 aliphatic carbocycles. The van der Waals surface area contributed by atoms with Crippen LogP contribution in [0.1, 0.15) is 6.42 Å². The van der Waals surface area contributed by atoms with Crippen LogP contribution in [0.5, 0.6) is 0 Å². The van der Waals surface area contributed by atoms with E-state index in [0.29, 0.717) is 16.4 Å². The van der Waals surface area contributed by atoms with E-state index >= 15 is 0 Å². The molecule has 0 saturated carbocycles. The van der Waals surface area contributed by atoms with Gasteiger partial charge in [-0.2, -0.15) is 0 Å². The summed E-state index contributed by atoms with van der Waals surface area (Å²) in [6.45, 7) is -0.169. The first-order chi connectivity index (χ1) is 11.6. The summed E-state index contributed by atoms with van der Waals surface area (Å²) in [6, 6.07) is 5.53. The zero-order chi connectivity index (χ0) is 18.7. The van der Waals surface area contributed by atoms with Crippen molar-refractivity contribution in [3.8, 4) is 0 Å². The third kappa shape index (κ3) is 5.69. The Kier molecular flexibility index (Phi) is 6.08. The number of amides is 1. The number of carbonyl (C=O) groups is 1. The van der Waals surface area contributed by atoms with Crippen molar-refractivity contribution < 1.29 is 21.6 Å². The number of nitrogens with one attached hydrogen (secondary N) is 2. The number of hydrogen-bond acceptors (Lipinski definition) is 8. The van der Waals surface area contributed by atoms with Crippen molar-refractivity contribution in [1.29, 1.82) is 0 Å². The predicted octanol–water partition coefficient (Wildman–Crippen LogP) is 0.146. The second-order valence-corrected chi connectivity index (χ2v) is 9.48. The number of carbonyl (C=O) groups excluding carboxylic acids is 1. The number of primary sulfonamides is 1. The molecule has 14 heteroatoms. The summed E-state index contributed by atoms with van der Waals surface area (Å²) >= 11 is 6.28. The summed E-state index contributed by atoms with van der Waals surface area (Å²) in [5, 5.41) is 14.3. The molecule has 136 valence electrons. The quantitative estimate of drug-likeness (QED) is 0.531. The van der Waals surface area contributed by atoms with Gasteiger partial charge in [-0.25, -0.2) is 26.7 Å². The Morgan fingerprint density at radius 3 is 2.36 bits per heavy atom. The van der Waals surface area contributed by atoms with Gasteiger partial charge < -0.3 is 5.32 Å². The number of sulfonamides is 2. The van der Waals surface area contributed by atoms with Gasteiger partial charge in [-0.3, -0.25) is 4.79 Å². The van der Waals surface area contributed by atoms with Crippen molar-refractivity contribution in [3.05, 3.63) is 29.3 Å². The molecule has 0 aliphatic heterocycles. The Morgan fingerprint density at radius 1 is 1.16 bits per heavy atom. The molecule has 1 heterocycles. The minimum atomic E-state index is -4.00. The lowest BCUT2D eigenvalue weighted by atomic mass is 10.4. The van der Waals surface area contributed by atoms with Gasteiger partial charge in [0.05, 0.1) is 4.90 Å². The maximum Gasteiger partial charge on any atom is 0.267 e. The van der Waals surface area contributed by atoms with Crippen molar-refractivity contribution in [1.82, 2.24) is 14.9 Å². The number of rotatable bonds is 7. The van der Waals surface area contributed by atoms with Crippen LogP contribution >= 0.6 is 22.9 Å². The third-order valence-electron chi connectivity index (χ3n) is 2.66. The molecule has 1 aromatic carbocycles. The van der Waals surface area contributed by atoms with Crippen LogP contribution in [0.25, 0.3) is 0 Å². The lowest BCUT2D eigenvalue weighted by molar-refractivity contribution is -0.116. The van der Waals surface area contributed by atoms with Crippen LogP contribution < -0.4 is 15.2 Å². The third-order valence-corrected chi connectivity index (χ3v) is 6.54. The monoisotopic (exact) mass is 425 g/mol. The zero-order valence-electron chi connectivity index (χ0n) is 12.3. The van der Waals surface area contributed by atoms with Gasteiger partial charge in [0.15, 0.2) is 0 Å². The number of benzene rings is 1. The number of nitrogens with two attached hydrogens (primary N) is 1. The second-order valence-electron chi connectivity index (χ2n) is 4.57. The van der Waals surface area contributed by atoms with E-state index < -0.39 is 30.3 Å². The largest absolute Gasteiger partial charge is 0.300 e. The fraction of sp³-hybridized carbons (Fsp3) is 0.182. The van der Waals surface area contributed by atoms with Crippen LogP contribution in [0.3, 0.4) is 0 Å². The van der Waals surface area contributed by atoms with Gasteiger partial charge in [-0.15, -0.1) is 10.2 Å². The molecule has 1 amide bonds. The lowest BCUT2D eigenvalue weighted by Gasteiger charge is -2.06. The van der Waals surface area contributed by atoms with Gasteiger partial charge in [0.25, 0.3) is 10.0 Å². The van der Waals surface area contributed by atoms with Gasteiger partial charge in [0, 0.05) is 18.0 Å². The first-order valence-corrected chi connectivity index (χ1v) is 10.7. The predicted molar refractivity (Wildman–Crippen MR) is 91.2 cm³/mol. The SMILES string of the molecule is NS(=O)(=O)c1nnc(NC(=O)CCNS(=O)(=O)c2ccc(Cl)cc2)s1. The topological polar surface area (TPSA) is 161 Å². The molecule has 0 radical (unpaired) electrons. The molecule has 2 aromatic rings. The van der Waals surface area contributed by atoms with Gasteiger partial charge in [-0.05, 0) is 24.3 Å². The average Bonchev–Trinajstić information content (AvgIpc) is 2.96. The Labute approximate surface area is 152 Å². The maximum atomic E-state index is 12.0. The van der Waals surface area contributed by atoms with Crippen molar-refractivity contribution in [2.24, 2.45) is 5.14 Å². The Hall–Kier alpha value is -1.64. The van der Waals surface area contributed by atoms with Crippen molar-refractivity contribution in [3.63, 3.8) is 0 Å². The molecule has 0 aliphatic rings. The highest BCUT2D eigenvalue weighted by molar-refractivity contribution is 7.91. The lowest BCUT2D eigenvalue weighted by Crippen LogP contribution is -2.27. The highest BCUT2D eigenvalue weighted by atomic mass is 35.5. The van der Waals surface area contributed by atoms with Crippen LogP contribution in [-0.2, 0) is 24.8 Å². The van der Waals surface area contributed by atoms with E-state index in [9.17, 15) is 21.6 Å². The van der Waals surface area contributed by atoms with Crippen molar-refractivity contribution in [2.45, 2.75) is 15.7 Å². The number of halogens is 1. The van der Waals surface area contributed by atoms with Crippen LogP contribution in [0.2, 0.25) is 5.02 Å². The fourth-order valence-corrected chi connectivity index (χ4v) is 4.06. The first-order valence-electron chi connectivity index (χ1n) is 6.49. The number of hydrogen-bond donors (Lipinski definition) is 3. The summed E-state index contributed by atoms with van der Waals surface area (Å²) in [5.41, 5.74) is 0. The molecule has 1 aromatic heterocycles. The molecule has 0 fully saturated rings. The number of nitrogens with zero attached hydrogens (tertiary/aromatic N) is 2. The summed E-state index contributed by atoms with van der Waals surface area (Å²) < 4.78 is 48.0. The van der Waals surface area contributed by atoms with Gasteiger partial charge in [-0.1, -0.05) is 22.9 Å². The maximum absolute atomic E-state index is 12.0. The Morgan fingerprint density at radius 2 is 1.80 bits per heavy atom. The molecule has 0 unspecified atom stereocenters. The molecular weight excluding hydrogens is 414 g/mol. The highest BCUT2D eigenvalue weighted by Gasteiger charge is 2.17. The van der Waals surface area contributed by atoms with E-state index in [0.717, 1.165) is 0 Å². The summed E-state index contributed by atoms with van der Waals surface area (Å²) in [5.74, 6) is -0.573. The Bertz CT molecular complexity index is 972. The van der Waals surface area contributed by atoms with Gasteiger partial charge >= 0.3 is 0 Å². The minimum absolute atomic E-state index is 0.0132. The van der Waals surface area contributed by atoms with Crippen LogP contribution in [-0.4, -0.2) is 39.5 Å². The smallest absolute Gasteiger partial charge is 0.267 e. The van der Waals surface area contributed by atoms with Crippen LogP contribution in [0.4, 0.5) is 5.13 Å². The molecule has 0 atom stereocenters. The molecule has 4 N–H and O–H groups in total. The average molecular weight is 426 g/mol. The Balaban J connectivity index is 1.88. The summed E-state index contributed by atoms with van der Waals surface area (Å²) in [6.07, 6.45) is -0.197. The highest BCUT2D eigenvalue weighted by Crippen LogP contribution is 2.18. The normalized spacial score (nSPS) is 12.1. The van der Waals surface area contributed by atoms with Gasteiger partial charge in [0.2, 0.25) is 25.4 Å².